The first-order valence-electron chi connectivity index (χ1n) is 8.79. The third-order valence-corrected chi connectivity index (χ3v) is 5.72. The third kappa shape index (κ3) is 3.36. The van der Waals surface area contributed by atoms with Crippen molar-refractivity contribution in [2.75, 3.05) is 10.6 Å². The van der Waals surface area contributed by atoms with E-state index >= 15 is 0 Å². The van der Waals surface area contributed by atoms with Crippen LogP contribution in [0, 0.1) is 0 Å². The summed E-state index contributed by atoms with van der Waals surface area (Å²) in [4.78, 5) is 4.94. The second kappa shape index (κ2) is 6.89. The zero-order valence-electron chi connectivity index (χ0n) is 14.0. The zero-order chi connectivity index (χ0) is 17.3. The van der Waals surface area contributed by atoms with Gasteiger partial charge >= 0.3 is 0 Å². The van der Waals surface area contributed by atoms with Gasteiger partial charge in [-0.15, -0.1) is 0 Å². The molecular formula is C20H21Cl2N3. The molecule has 1 spiro atoms. The molecule has 1 aliphatic carbocycles. The molecule has 1 fully saturated rings. The van der Waals surface area contributed by atoms with Crippen molar-refractivity contribution in [3.8, 4) is 0 Å². The monoisotopic (exact) mass is 373 g/mol. The van der Waals surface area contributed by atoms with Crippen molar-refractivity contribution >= 4 is 40.4 Å². The van der Waals surface area contributed by atoms with Gasteiger partial charge < -0.3 is 10.6 Å². The minimum Gasteiger partial charge on any atom is -0.371 e. The van der Waals surface area contributed by atoms with E-state index < -0.39 is 0 Å². The number of nitrogens with zero attached hydrogens (tertiary/aromatic N) is 1. The van der Waals surface area contributed by atoms with Gasteiger partial charge in [0.15, 0.2) is 0 Å². The molecule has 0 atom stereocenters. The minimum atomic E-state index is -0.0918. The Morgan fingerprint density at radius 1 is 0.960 bits per heavy atom. The van der Waals surface area contributed by atoms with Gasteiger partial charge in [-0.1, -0.05) is 60.7 Å². The van der Waals surface area contributed by atoms with Crippen LogP contribution in [-0.2, 0) is 6.54 Å². The van der Waals surface area contributed by atoms with E-state index in [4.69, 9.17) is 28.2 Å². The summed E-state index contributed by atoms with van der Waals surface area (Å²) < 4.78 is 0. The van der Waals surface area contributed by atoms with E-state index in [2.05, 4.69) is 28.8 Å². The van der Waals surface area contributed by atoms with Gasteiger partial charge in [0, 0.05) is 10.0 Å². The van der Waals surface area contributed by atoms with Crippen LogP contribution in [0.5, 0.6) is 0 Å². The smallest absolute Gasteiger partial charge is 0.127 e. The van der Waals surface area contributed by atoms with Gasteiger partial charge in [0.25, 0.3) is 0 Å². The second-order valence-electron chi connectivity index (χ2n) is 6.84. The maximum absolute atomic E-state index is 6.32. The molecule has 2 aliphatic rings. The van der Waals surface area contributed by atoms with Crippen molar-refractivity contribution in [1.29, 1.82) is 0 Å². The van der Waals surface area contributed by atoms with Crippen molar-refractivity contribution in [2.45, 2.75) is 44.2 Å². The van der Waals surface area contributed by atoms with Gasteiger partial charge in [0.1, 0.15) is 5.84 Å². The van der Waals surface area contributed by atoms with Crippen LogP contribution in [-0.4, -0.2) is 11.4 Å². The summed E-state index contributed by atoms with van der Waals surface area (Å²) in [6.45, 7) is 0.546. The Kier molecular flexibility index (Phi) is 4.61. The zero-order valence-corrected chi connectivity index (χ0v) is 15.5. The summed E-state index contributed by atoms with van der Waals surface area (Å²) in [5.74, 6) is 1.02. The Hall–Kier alpha value is -1.71. The first-order valence-corrected chi connectivity index (χ1v) is 9.55. The van der Waals surface area contributed by atoms with Crippen LogP contribution in [0.25, 0.3) is 0 Å². The van der Waals surface area contributed by atoms with Crippen LogP contribution < -0.4 is 10.6 Å². The fourth-order valence-corrected chi connectivity index (χ4v) is 4.26. The summed E-state index contributed by atoms with van der Waals surface area (Å²) >= 11 is 12.3. The number of rotatable bonds is 2. The number of para-hydroxylation sites is 2. The maximum atomic E-state index is 6.32. The van der Waals surface area contributed by atoms with E-state index in [9.17, 15) is 0 Å². The number of halogens is 2. The average molecular weight is 374 g/mol. The molecule has 2 N–H and O–H groups in total. The lowest BCUT2D eigenvalue weighted by Crippen LogP contribution is -2.53. The maximum Gasteiger partial charge on any atom is 0.127 e. The van der Waals surface area contributed by atoms with E-state index in [1.54, 1.807) is 6.07 Å². The van der Waals surface area contributed by atoms with Gasteiger partial charge in [0.2, 0.25) is 0 Å². The molecule has 25 heavy (non-hydrogen) atoms. The summed E-state index contributed by atoms with van der Waals surface area (Å²) in [6.07, 6.45) is 5.93. The van der Waals surface area contributed by atoms with E-state index in [1.165, 1.54) is 19.3 Å². The number of hydrogen-bond acceptors (Lipinski definition) is 2. The van der Waals surface area contributed by atoms with Crippen LogP contribution in [0.4, 0.5) is 11.4 Å². The van der Waals surface area contributed by atoms with Crippen molar-refractivity contribution in [2.24, 2.45) is 4.99 Å². The molecule has 5 heteroatoms. The van der Waals surface area contributed by atoms with Crippen LogP contribution in [0.1, 0.15) is 37.7 Å². The van der Waals surface area contributed by atoms with Crippen LogP contribution in [0.15, 0.2) is 47.5 Å². The number of fused-ring (bicyclic) bond motifs is 1. The van der Waals surface area contributed by atoms with Crippen molar-refractivity contribution in [1.82, 2.24) is 0 Å². The Morgan fingerprint density at radius 3 is 2.48 bits per heavy atom. The summed E-state index contributed by atoms with van der Waals surface area (Å²) in [5, 5.41) is 8.67. The molecule has 2 aromatic carbocycles. The van der Waals surface area contributed by atoms with E-state index in [0.717, 1.165) is 35.6 Å². The lowest BCUT2D eigenvalue weighted by molar-refractivity contribution is 0.403. The highest BCUT2D eigenvalue weighted by molar-refractivity contribution is 6.35. The number of amidine groups is 1. The van der Waals surface area contributed by atoms with Gasteiger partial charge in [-0.3, -0.25) is 4.99 Å². The summed E-state index contributed by atoms with van der Waals surface area (Å²) in [7, 11) is 0. The molecule has 0 amide bonds. The van der Waals surface area contributed by atoms with Crippen LogP contribution in [0.2, 0.25) is 10.0 Å². The molecule has 0 radical (unpaired) electrons. The molecule has 1 saturated carbocycles. The molecule has 0 saturated heterocycles. The van der Waals surface area contributed by atoms with Crippen molar-refractivity contribution in [3.63, 3.8) is 0 Å². The first kappa shape index (κ1) is 16.7. The highest BCUT2D eigenvalue weighted by atomic mass is 35.5. The lowest BCUT2D eigenvalue weighted by atomic mass is 9.79. The van der Waals surface area contributed by atoms with Gasteiger partial charge in [-0.25, -0.2) is 0 Å². The summed E-state index contributed by atoms with van der Waals surface area (Å²) in [6, 6.07) is 13.9. The fraction of sp³-hybridized carbons (Fsp3) is 0.350. The molecule has 0 bridgehead atoms. The molecule has 3 nitrogen and oxygen atoms in total. The van der Waals surface area contributed by atoms with Gasteiger partial charge in [0.05, 0.1) is 23.5 Å². The number of hydrogen-bond donors (Lipinski definition) is 2. The molecule has 1 aliphatic heterocycles. The normalized spacial score (nSPS) is 20.0. The number of benzene rings is 2. The Bertz CT molecular complexity index is 810. The quantitative estimate of drug-likeness (QED) is 0.663. The van der Waals surface area contributed by atoms with Gasteiger partial charge in [-0.05, 0) is 42.7 Å². The minimum absolute atomic E-state index is 0.0918. The van der Waals surface area contributed by atoms with Crippen molar-refractivity contribution < 1.29 is 0 Å². The first-order chi connectivity index (χ1) is 12.2. The van der Waals surface area contributed by atoms with Crippen molar-refractivity contribution in [3.05, 3.63) is 58.1 Å². The van der Waals surface area contributed by atoms with E-state index in [1.807, 2.05) is 18.2 Å². The molecule has 1 heterocycles. The number of nitrogens with one attached hydrogen (secondary N) is 2. The Balaban J connectivity index is 1.67. The molecule has 0 unspecified atom stereocenters. The highest BCUT2D eigenvalue weighted by Crippen LogP contribution is 2.39. The Morgan fingerprint density at radius 2 is 1.72 bits per heavy atom. The molecule has 2 aromatic rings. The summed E-state index contributed by atoms with van der Waals surface area (Å²) in [5.41, 5.74) is 3.14. The average Bonchev–Trinajstić information content (AvgIpc) is 2.62. The molecule has 0 aromatic heterocycles. The standard InChI is InChI=1S/C20H21Cl2N3/c21-15-9-8-14(16(22)12-15)13-23-19-20(10-4-1-5-11-20)25-18-7-3-2-6-17(18)24-19/h2-3,6-9,12,25H,1,4-5,10-11,13H2,(H,23,24). The molecule has 130 valence electrons. The second-order valence-corrected chi connectivity index (χ2v) is 7.68. The Labute approximate surface area is 158 Å². The fourth-order valence-electron chi connectivity index (χ4n) is 3.79. The predicted octanol–water partition coefficient (Wildman–Crippen LogP) is 6.13. The number of aliphatic imine (C=N–C) groups is 1. The predicted molar refractivity (Wildman–Crippen MR) is 107 cm³/mol. The SMILES string of the molecule is Clc1ccc(CN=C2Nc3ccccc3NC23CCCCC3)c(Cl)c1. The third-order valence-electron chi connectivity index (χ3n) is 5.14. The molecule has 4 rings (SSSR count). The van der Waals surface area contributed by atoms with E-state index in [0.29, 0.717) is 16.6 Å². The van der Waals surface area contributed by atoms with Gasteiger partial charge in [-0.2, -0.15) is 0 Å². The van der Waals surface area contributed by atoms with Crippen LogP contribution in [0.3, 0.4) is 0 Å². The van der Waals surface area contributed by atoms with E-state index in [-0.39, 0.29) is 5.54 Å². The largest absolute Gasteiger partial charge is 0.371 e. The topological polar surface area (TPSA) is 36.4 Å². The highest BCUT2D eigenvalue weighted by Gasteiger charge is 2.40. The lowest BCUT2D eigenvalue weighted by Gasteiger charge is -2.44. The molecular weight excluding hydrogens is 353 g/mol. The van der Waals surface area contributed by atoms with Crippen LogP contribution >= 0.6 is 23.2 Å². The number of anilines is 2.